The molecule has 0 aliphatic rings. The summed E-state index contributed by atoms with van der Waals surface area (Å²) in [5.74, 6) is -2.73. The van der Waals surface area contributed by atoms with Crippen LogP contribution in [0.4, 0.5) is 13.2 Å². The Labute approximate surface area is 184 Å². The first kappa shape index (κ1) is 23.0. The number of carbonyl (C=O) groups excluding carboxylic acids is 2. The van der Waals surface area contributed by atoms with Crippen molar-refractivity contribution in [2.75, 3.05) is 0 Å². The van der Waals surface area contributed by atoms with Crippen LogP contribution in [0.1, 0.15) is 27.9 Å². The van der Waals surface area contributed by atoms with Crippen LogP contribution in [0.2, 0.25) is 0 Å². The number of nitrogens with one attached hydrogen (secondary N) is 1. The average Bonchev–Trinajstić information content (AvgIpc) is 2.80. The van der Waals surface area contributed by atoms with Crippen molar-refractivity contribution in [3.8, 4) is 0 Å². The summed E-state index contributed by atoms with van der Waals surface area (Å²) in [7, 11) is 0. The van der Waals surface area contributed by atoms with Crippen LogP contribution in [0.25, 0.3) is 6.08 Å². The van der Waals surface area contributed by atoms with E-state index in [0.29, 0.717) is 5.56 Å². The van der Waals surface area contributed by atoms with Crippen LogP contribution in [0.5, 0.6) is 0 Å². The Morgan fingerprint density at radius 1 is 0.781 bits per heavy atom. The van der Waals surface area contributed by atoms with Gasteiger partial charge in [-0.2, -0.15) is 13.2 Å². The Kier molecular flexibility index (Phi) is 7.25. The van der Waals surface area contributed by atoms with Crippen molar-refractivity contribution < 1.29 is 22.8 Å². The number of rotatable bonds is 8. The molecule has 1 N–H and O–H groups in total. The van der Waals surface area contributed by atoms with E-state index in [9.17, 15) is 22.8 Å². The fraction of sp³-hybridized carbons (Fsp3) is 0.154. The number of Topliss-reactive ketones (excluding diaryl/α,β-unsaturated/α-hetero) is 1. The van der Waals surface area contributed by atoms with Gasteiger partial charge in [-0.05, 0) is 29.7 Å². The molecule has 0 aliphatic carbocycles. The van der Waals surface area contributed by atoms with E-state index in [1.165, 1.54) is 18.2 Å². The van der Waals surface area contributed by atoms with Gasteiger partial charge >= 0.3 is 6.18 Å². The third-order valence-electron chi connectivity index (χ3n) is 5.01. The third kappa shape index (κ3) is 5.94. The maximum absolute atomic E-state index is 13.7. The molecule has 32 heavy (non-hydrogen) atoms. The van der Waals surface area contributed by atoms with Gasteiger partial charge in [-0.25, -0.2) is 0 Å². The van der Waals surface area contributed by atoms with Crippen LogP contribution in [-0.4, -0.2) is 23.4 Å². The van der Waals surface area contributed by atoms with Crippen molar-refractivity contribution in [2.45, 2.75) is 24.6 Å². The summed E-state index contributed by atoms with van der Waals surface area (Å²) in [5.41, 5.74) is -0.744. The number of carbonyl (C=O) groups is 2. The van der Waals surface area contributed by atoms with E-state index in [2.05, 4.69) is 5.32 Å². The SMILES string of the molecule is O=C(N[C@](C/C=C/c1ccccc1)(Cc1ccccc1)C(=O)C(F)(F)F)c1ccccc1. The van der Waals surface area contributed by atoms with Gasteiger partial charge in [0.15, 0.2) is 0 Å². The van der Waals surface area contributed by atoms with Crippen LogP contribution in [-0.2, 0) is 11.2 Å². The lowest BCUT2D eigenvalue weighted by molar-refractivity contribution is -0.178. The van der Waals surface area contributed by atoms with Gasteiger partial charge in [0, 0.05) is 12.0 Å². The van der Waals surface area contributed by atoms with E-state index in [4.69, 9.17) is 0 Å². The summed E-state index contributed by atoms with van der Waals surface area (Å²) >= 11 is 0. The van der Waals surface area contributed by atoms with E-state index in [-0.39, 0.29) is 18.4 Å². The molecule has 0 bridgehead atoms. The maximum atomic E-state index is 13.7. The Bertz CT molecular complexity index is 1060. The minimum absolute atomic E-state index is 0.173. The lowest BCUT2D eigenvalue weighted by Crippen LogP contribution is -2.60. The summed E-state index contributed by atoms with van der Waals surface area (Å²) in [6.07, 6.45) is -2.62. The molecule has 3 aromatic carbocycles. The summed E-state index contributed by atoms with van der Waals surface area (Å²) in [5, 5.41) is 2.43. The highest BCUT2D eigenvalue weighted by molar-refractivity contribution is 6.01. The number of hydrogen-bond donors (Lipinski definition) is 1. The fourth-order valence-electron chi connectivity index (χ4n) is 3.45. The van der Waals surface area contributed by atoms with Crippen LogP contribution in [0, 0.1) is 0 Å². The predicted molar refractivity (Wildman–Crippen MR) is 118 cm³/mol. The normalized spacial score (nSPS) is 13.5. The Hall–Kier alpha value is -3.67. The number of benzene rings is 3. The molecule has 3 nitrogen and oxygen atoms in total. The predicted octanol–water partition coefficient (Wildman–Crippen LogP) is 5.63. The van der Waals surface area contributed by atoms with Crippen molar-refractivity contribution in [1.29, 1.82) is 0 Å². The molecule has 3 rings (SSSR count). The monoisotopic (exact) mass is 437 g/mol. The summed E-state index contributed by atoms with van der Waals surface area (Å²) in [6, 6.07) is 25.2. The molecular weight excluding hydrogens is 415 g/mol. The highest BCUT2D eigenvalue weighted by atomic mass is 19.4. The second kappa shape index (κ2) is 10.1. The number of ketones is 1. The second-order valence-electron chi connectivity index (χ2n) is 7.41. The van der Waals surface area contributed by atoms with Crippen molar-refractivity contribution in [3.63, 3.8) is 0 Å². The van der Waals surface area contributed by atoms with Crippen LogP contribution in [0.15, 0.2) is 97.1 Å². The lowest BCUT2D eigenvalue weighted by Gasteiger charge is -2.33. The smallest absolute Gasteiger partial charge is 0.338 e. The lowest BCUT2D eigenvalue weighted by atomic mass is 9.82. The first-order chi connectivity index (χ1) is 15.3. The van der Waals surface area contributed by atoms with Crippen molar-refractivity contribution in [1.82, 2.24) is 5.32 Å². The number of alkyl halides is 3. The zero-order chi connectivity index (χ0) is 23.0. The third-order valence-corrected chi connectivity index (χ3v) is 5.01. The van der Waals surface area contributed by atoms with Gasteiger partial charge in [0.25, 0.3) is 11.7 Å². The van der Waals surface area contributed by atoms with Crippen LogP contribution >= 0.6 is 0 Å². The van der Waals surface area contributed by atoms with E-state index >= 15 is 0 Å². The molecule has 1 amide bonds. The number of amides is 1. The molecule has 0 spiro atoms. The van der Waals surface area contributed by atoms with Crippen molar-refractivity contribution in [3.05, 3.63) is 114 Å². The highest BCUT2D eigenvalue weighted by Crippen LogP contribution is 2.30. The first-order valence-electron chi connectivity index (χ1n) is 10.0. The zero-order valence-corrected chi connectivity index (χ0v) is 17.2. The first-order valence-corrected chi connectivity index (χ1v) is 10.0. The summed E-state index contributed by atoms with van der Waals surface area (Å²) in [4.78, 5) is 25.6. The van der Waals surface area contributed by atoms with Gasteiger partial charge in [-0.15, -0.1) is 0 Å². The fourth-order valence-corrected chi connectivity index (χ4v) is 3.45. The molecule has 0 saturated carbocycles. The van der Waals surface area contributed by atoms with E-state index in [1.807, 2.05) is 6.07 Å². The maximum Gasteiger partial charge on any atom is 0.452 e. The van der Waals surface area contributed by atoms with Crippen molar-refractivity contribution >= 4 is 17.8 Å². The standard InChI is InChI=1S/C26H22F3NO2/c27-26(28,29)24(32)25(19-21-13-6-2-7-14-21,18-10-15-20-11-4-1-5-12-20)30-23(31)22-16-8-3-9-17-22/h1-17H,18-19H2,(H,30,31)/b15-10+/t25-/m1/s1. The van der Waals surface area contributed by atoms with Crippen molar-refractivity contribution in [2.24, 2.45) is 0 Å². The topological polar surface area (TPSA) is 46.2 Å². The van der Waals surface area contributed by atoms with Crippen LogP contribution in [0.3, 0.4) is 0 Å². The van der Waals surface area contributed by atoms with E-state index in [1.54, 1.807) is 78.9 Å². The van der Waals surface area contributed by atoms with Gasteiger partial charge in [-0.3, -0.25) is 9.59 Å². The van der Waals surface area contributed by atoms with E-state index < -0.39 is 23.4 Å². The Morgan fingerprint density at radius 3 is 1.88 bits per heavy atom. The second-order valence-corrected chi connectivity index (χ2v) is 7.41. The Balaban J connectivity index is 2.02. The molecule has 164 valence electrons. The quantitative estimate of drug-likeness (QED) is 0.496. The average molecular weight is 437 g/mol. The molecule has 0 fully saturated rings. The van der Waals surface area contributed by atoms with Gasteiger partial charge in [0.1, 0.15) is 5.54 Å². The molecule has 0 radical (unpaired) electrons. The summed E-state index contributed by atoms with van der Waals surface area (Å²) < 4.78 is 41.2. The number of hydrogen-bond acceptors (Lipinski definition) is 2. The number of halogens is 3. The molecule has 0 unspecified atom stereocenters. The highest BCUT2D eigenvalue weighted by Gasteiger charge is 2.53. The molecule has 6 heteroatoms. The largest absolute Gasteiger partial charge is 0.452 e. The minimum atomic E-state index is -5.13. The van der Waals surface area contributed by atoms with Gasteiger partial charge in [0.05, 0.1) is 0 Å². The molecule has 0 aliphatic heterocycles. The van der Waals surface area contributed by atoms with Gasteiger partial charge < -0.3 is 5.32 Å². The Morgan fingerprint density at radius 2 is 1.31 bits per heavy atom. The molecule has 0 saturated heterocycles. The minimum Gasteiger partial charge on any atom is -0.338 e. The van der Waals surface area contributed by atoms with E-state index in [0.717, 1.165) is 5.56 Å². The molecule has 1 atom stereocenters. The molecule has 3 aromatic rings. The van der Waals surface area contributed by atoms with Gasteiger partial charge in [-0.1, -0.05) is 91.0 Å². The molecule has 0 aromatic heterocycles. The molecular formula is C26H22F3NO2. The molecule has 0 heterocycles. The zero-order valence-electron chi connectivity index (χ0n) is 17.2. The summed E-state index contributed by atoms with van der Waals surface area (Å²) in [6.45, 7) is 0. The van der Waals surface area contributed by atoms with Gasteiger partial charge in [0.2, 0.25) is 0 Å². The van der Waals surface area contributed by atoms with Crippen LogP contribution < -0.4 is 5.32 Å².